The second-order valence-electron chi connectivity index (χ2n) is 7.46. The van der Waals surface area contributed by atoms with Crippen molar-refractivity contribution in [3.63, 3.8) is 0 Å². The smallest absolute Gasteiger partial charge is 0.0891 e. The van der Waals surface area contributed by atoms with Crippen LogP contribution in [0.1, 0.15) is 25.3 Å². The van der Waals surface area contributed by atoms with Crippen LogP contribution in [0, 0.1) is 0 Å². The van der Waals surface area contributed by atoms with E-state index < -0.39 is 6.10 Å². The highest BCUT2D eigenvalue weighted by atomic mass is 32.2. The van der Waals surface area contributed by atoms with Crippen molar-refractivity contribution in [1.82, 2.24) is 0 Å². The zero-order valence-corrected chi connectivity index (χ0v) is 17.1. The van der Waals surface area contributed by atoms with Crippen molar-refractivity contribution in [2.45, 2.75) is 35.7 Å². The quantitative estimate of drug-likeness (QED) is 0.550. The summed E-state index contributed by atoms with van der Waals surface area (Å²) in [5, 5.41) is 14.1. The van der Waals surface area contributed by atoms with Crippen molar-refractivity contribution in [3.8, 4) is 0 Å². The lowest BCUT2D eigenvalue weighted by atomic mass is 10.0. The molecule has 0 radical (unpaired) electrons. The Balaban J connectivity index is 1.46. The third kappa shape index (κ3) is 4.03. The molecule has 0 bridgehead atoms. The van der Waals surface area contributed by atoms with Gasteiger partial charge in [0.1, 0.15) is 0 Å². The van der Waals surface area contributed by atoms with Gasteiger partial charge in [-0.3, -0.25) is 0 Å². The van der Waals surface area contributed by atoms with E-state index in [0.717, 1.165) is 17.1 Å². The van der Waals surface area contributed by atoms with E-state index in [-0.39, 0.29) is 0 Å². The van der Waals surface area contributed by atoms with Gasteiger partial charge >= 0.3 is 0 Å². The number of para-hydroxylation sites is 2. The molecule has 0 amide bonds. The number of hydrogen-bond acceptors (Lipinski definition) is 4. The van der Waals surface area contributed by atoms with Crippen LogP contribution in [0.25, 0.3) is 0 Å². The second-order valence-corrected chi connectivity index (χ2v) is 8.54. The van der Waals surface area contributed by atoms with Gasteiger partial charge in [-0.25, -0.2) is 0 Å². The SMILES string of the molecule is CC(C)c1ccc(NC[C@@H](O)CN2c3ccccc3Sc3ccccc32)cc1. The van der Waals surface area contributed by atoms with Crippen LogP contribution in [-0.4, -0.2) is 24.3 Å². The first-order valence-electron chi connectivity index (χ1n) is 9.77. The van der Waals surface area contributed by atoms with E-state index in [1.54, 1.807) is 11.8 Å². The molecule has 3 aromatic rings. The summed E-state index contributed by atoms with van der Waals surface area (Å²) >= 11 is 1.79. The minimum Gasteiger partial charge on any atom is -0.389 e. The molecule has 1 atom stereocenters. The maximum absolute atomic E-state index is 10.7. The lowest BCUT2D eigenvalue weighted by Crippen LogP contribution is -2.34. The Kier molecular flexibility index (Phi) is 5.60. The molecule has 28 heavy (non-hydrogen) atoms. The third-order valence-electron chi connectivity index (χ3n) is 5.04. The number of nitrogens with zero attached hydrogens (tertiary/aromatic N) is 1. The van der Waals surface area contributed by atoms with Crippen molar-refractivity contribution >= 4 is 28.8 Å². The first-order chi connectivity index (χ1) is 13.6. The van der Waals surface area contributed by atoms with Gasteiger partial charge in [-0.05, 0) is 47.9 Å². The first kappa shape index (κ1) is 18.9. The number of nitrogens with one attached hydrogen (secondary N) is 1. The molecule has 0 aliphatic carbocycles. The van der Waals surface area contributed by atoms with E-state index in [1.165, 1.54) is 15.4 Å². The fraction of sp³-hybridized carbons (Fsp3) is 0.250. The van der Waals surface area contributed by atoms with Gasteiger partial charge in [0.15, 0.2) is 0 Å². The minimum atomic E-state index is -0.492. The number of hydrogen-bond donors (Lipinski definition) is 2. The molecule has 1 aliphatic rings. The molecule has 1 heterocycles. The van der Waals surface area contributed by atoms with Gasteiger partial charge in [0, 0.05) is 22.0 Å². The van der Waals surface area contributed by atoms with Crippen LogP contribution in [0.2, 0.25) is 0 Å². The summed E-state index contributed by atoms with van der Waals surface area (Å²) in [6, 6.07) is 25.3. The Morgan fingerprint density at radius 3 is 2.00 bits per heavy atom. The number of aliphatic hydroxyl groups is 1. The van der Waals surface area contributed by atoms with Crippen molar-refractivity contribution in [1.29, 1.82) is 0 Å². The third-order valence-corrected chi connectivity index (χ3v) is 6.17. The molecule has 0 fully saturated rings. The normalized spacial score (nSPS) is 13.8. The number of anilines is 3. The van der Waals surface area contributed by atoms with E-state index in [4.69, 9.17) is 0 Å². The van der Waals surface area contributed by atoms with Gasteiger partial charge < -0.3 is 15.3 Å². The van der Waals surface area contributed by atoms with Gasteiger partial charge in [-0.2, -0.15) is 0 Å². The molecule has 4 rings (SSSR count). The average molecular weight is 391 g/mol. The summed E-state index contributed by atoms with van der Waals surface area (Å²) in [6.45, 7) is 5.44. The topological polar surface area (TPSA) is 35.5 Å². The zero-order chi connectivity index (χ0) is 19.5. The first-order valence-corrected chi connectivity index (χ1v) is 10.6. The Morgan fingerprint density at radius 2 is 1.43 bits per heavy atom. The van der Waals surface area contributed by atoms with Crippen LogP contribution in [0.4, 0.5) is 17.1 Å². The standard InChI is InChI=1S/C24H26N2OS/c1-17(2)18-11-13-19(14-12-18)25-15-20(27)16-26-21-7-3-5-9-23(21)28-24-10-6-4-8-22(24)26/h3-14,17,20,25,27H,15-16H2,1-2H3/t20-/m1/s1. The van der Waals surface area contributed by atoms with Crippen LogP contribution in [-0.2, 0) is 0 Å². The molecule has 144 valence electrons. The maximum atomic E-state index is 10.7. The van der Waals surface area contributed by atoms with Gasteiger partial charge in [-0.1, -0.05) is 62.0 Å². The number of fused-ring (bicyclic) bond motifs is 2. The summed E-state index contributed by atoms with van der Waals surface area (Å²) < 4.78 is 0. The molecular weight excluding hydrogens is 364 g/mol. The summed E-state index contributed by atoms with van der Waals surface area (Å²) in [5.41, 5.74) is 4.68. The highest BCUT2D eigenvalue weighted by molar-refractivity contribution is 7.99. The molecule has 0 unspecified atom stereocenters. The van der Waals surface area contributed by atoms with E-state index >= 15 is 0 Å². The van der Waals surface area contributed by atoms with Crippen LogP contribution >= 0.6 is 11.8 Å². The van der Waals surface area contributed by atoms with Crippen molar-refractivity contribution in [2.75, 3.05) is 23.3 Å². The van der Waals surface area contributed by atoms with Gasteiger partial charge in [0.05, 0.1) is 24.0 Å². The van der Waals surface area contributed by atoms with E-state index in [0.29, 0.717) is 19.0 Å². The summed E-state index contributed by atoms with van der Waals surface area (Å²) in [4.78, 5) is 4.69. The zero-order valence-electron chi connectivity index (χ0n) is 16.3. The van der Waals surface area contributed by atoms with E-state index in [1.807, 2.05) is 0 Å². The van der Waals surface area contributed by atoms with E-state index in [2.05, 4.69) is 96.9 Å². The lowest BCUT2D eigenvalue weighted by Gasteiger charge is -2.34. The highest BCUT2D eigenvalue weighted by Gasteiger charge is 2.24. The fourth-order valence-corrected chi connectivity index (χ4v) is 4.57. The molecule has 4 heteroatoms. The predicted molar refractivity (Wildman–Crippen MR) is 119 cm³/mol. The molecule has 3 nitrogen and oxygen atoms in total. The van der Waals surface area contributed by atoms with Gasteiger partial charge in [-0.15, -0.1) is 0 Å². The van der Waals surface area contributed by atoms with Crippen LogP contribution in [0.3, 0.4) is 0 Å². The number of aliphatic hydroxyl groups excluding tert-OH is 1. The van der Waals surface area contributed by atoms with Crippen molar-refractivity contribution in [3.05, 3.63) is 78.4 Å². The van der Waals surface area contributed by atoms with Crippen LogP contribution in [0.15, 0.2) is 82.6 Å². The van der Waals surface area contributed by atoms with Crippen molar-refractivity contribution < 1.29 is 5.11 Å². The molecule has 0 spiro atoms. The average Bonchev–Trinajstić information content (AvgIpc) is 2.72. The van der Waals surface area contributed by atoms with Crippen LogP contribution < -0.4 is 10.2 Å². The molecule has 2 N–H and O–H groups in total. The number of β-amino-alcohol motifs (C(OH)–C–C–N with tert-alkyl or cyclic N) is 1. The molecule has 0 saturated heterocycles. The van der Waals surface area contributed by atoms with Crippen molar-refractivity contribution in [2.24, 2.45) is 0 Å². The van der Waals surface area contributed by atoms with Crippen LogP contribution in [0.5, 0.6) is 0 Å². The minimum absolute atomic E-state index is 0.492. The lowest BCUT2D eigenvalue weighted by molar-refractivity contribution is 0.195. The molecule has 3 aromatic carbocycles. The number of benzene rings is 3. The molecular formula is C24H26N2OS. The summed E-state index contributed by atoms with van der Waals surface area (Å²) in [6.07, 6.45) is -0.492. The molecule has 1 aliphatic heterocycles. The second kappa shape index (κ2) is 8.29. The summed E-state index contributed by atoms with van der Waals surface area (Å²) in [5.74, 6) is 0.525. The monoisotopic (exact) mass is 390 g/mol. The summed E-state index contributed by atoms with van der Waals surface area (Å²) in [7, 11) is 0. The molecule has 0 saturated carbocycles. The number of rotatable bonds is 6. The Hall–Kier alpha value is -2.43. The Morgan fingerprint density at radius 1 is 0.857 bits per heavy atom. The largest absolute Gasteiger partial charge is 0.389 e. The van der Waals surface area contributed by atoms with E-state index in [9.17, 15) is 5.11 Å². The van der Waals surface area contributed by atoms with Gasteiger partial charge in [0.2, 0.25) is 0 Å². The predicted octanol–water partition coefficient (Wildman–Crippen LogP) is 5.89. The Labute approximate surface area is 171 Å². The fourth-order valence-electron chi connectivity index (χ4n) is 3.47. The molecule has 0 aromatic heterocycles. The maximum Gasteiger partial charge on any atom is 0.0891 e. The van der Waals surface area contributed by atoms with Gasteiger partial charge in [0.25, 0.3) is 0 Å². The Bertz CT molecular complexity index is 894. The highest BCUT2D eigenvalue weighted by Crippen LogP contribution is 2.47.